The highest BCUT2D eigenvalue weighted by atomic mass is 19.1. The average Bonchev–Trinajstić information content (AvgIpc) is 2.28. The van der Waals surface area contributed by atoms with Gasteiger partial charge in [-0.05, 0) is 25.0 Å². The van der Waals surface area contributed by atoms with Gasteiger partial charge in [0, 0.05) is 0 Å². The molecule has 0 saturated heterocycles. The van der Waals surface area contributed by atoms with E-state index in [2.05, 4.69) is 0 Å². The van der Waals surface area contributed by atoms with E-state index in [4.69, 9.17) is 0 Å². The second-order valence-corrected chi connectivity index (χ2v) is 3.55. The minimum Gasteiger partial charge on any atom is -0.382 e. The third-order valence-electron chi connectivity index (χ3n) is 2.71. The van der Waals surface area contributed by atoms with E-state index < -0.39 is 17.2 Å². The van der Waals surface area contributed by atoms with E-state index in [-0.39, 0.29) is 18.4 Å². The van der Waals surface area contributed by atoms with Gasteiger partial charge in [-0.3, -0.25) is 4.79 Å². The highest BCUT2D eigenvalue weighted by molar-refractivity contribution is 6.02. The van der Waals surface area contributed by atoms with Gasteiger partial charge < -0.3 is 5.11 Å². The van der Waals surface area contributed by atoms with E-state index in [0.29, 0.717) is 0 Å². The first-order chi connectivity index (χ1) is 7.05. The molecule has 3 heteroatoms. The van der Waals surface area contributed by atoms with Crippen LogP contribution in [0.15, 0.2) is 24.3 Å². The number of carbonyl (C=O) groups is 1. The van der Waals surface area contributed by atoms with Gasteiger partial charge in [0.25, 0.3) is 0 Å². The fourth-order valence-electron chi connectivity index (χ4n) is 1.47. The Hall–Kier alpha value is -1.22. The van der Waals surface area contributed by atoms with Crippen LogP contribution in [-0.4, -0.2) is 16.5 Å². The van der Waals surface area contributed by atoms with Gasteiger partial charge in [0.15, 0.2) is 5.78 Å². The van der Waals surface area contributed by atoms with Crippen LogP contribution in [0.4, 0.5) is 4.39 Å². The van der Waals surface area contributed by atoms with Crippen LogP contribution in [0.2, 0.25) is 0 Å². The minimum absolute atomic E-state index is 0.0382. The Morgan fingerprint density at radius 1 is 1.33 bits per heavy atom. The van der Waals surface area contributed by atoms with Crippen LogP contribution in [-0.2, 0) is 0 Å². The first-order valence-electron chi connectivity index (χ1n) is 5.07. The first-order valence-corrected chi connectivity index (χ1v) is 5.07. The lowest BCUT2D eigenvalue weighted by molar-refractivity contribution is 0.0273. The Balaban J connectivity index is 3.09. The molecule has 0 amide bonds. The fourth-order valence-corrected chi connectivity index (χ4v) is 1.47. The fraction of sp³-hybridized carbons (Fsp3) is 0.417. The van der Waals surface area contributed by atoms with Crippen molar-refractivity contribution < 1.29 is 14.3 Å². The zero-order valence-electron chi connectivity index (χ0n) is 8.96. The van der Waals surface area contributed by atoms with E-state index in [1.807, 2.05) is 0 Å². The summed E-state index contributed by atoms with van der Waals surface area (Å²) in [7, 11) is 0. The van der Waals surface area contributed by atoms with Crippen molar-refractivity contribution in [2.75, 3.05) is 0 Å². The molecule has 0 heterocycles. The Kier molecular flexibility index (Phi) is 3.58. The van der Waals surface area contributed by atoms with Gasteiger partial charge in [-0.2, -0.15) is 0 Å². The second kappa shape index (κ2) is 4.53. The molecule has 15 heavy (non-hydrogen) atoms. The molecule has 0 aromatic heterocycles. The van der Waals surface area contributed by atoms with Gasteiger partial charge in [-0.15, -0.1) is 0 Å². The monoisotopic (exact) mass is 210 g/mol. The third kappa shape index (κ3) is 2.23. The number of aliphatic hydroxyl groups is 1. The summed E-state index contributed by atoms with van der Waals surface area (Å²) in [6.45, 7) is 3.42. The number of hydrogen-bond acceptors (Lipinski definition) is 2. The van der Waals surface area contributed by atoms with E-state index >= 15 is 0 Å². The standard InChI is InChI=1S/C12H15FO2/c1-3-12(15,4-2)11(14)9-7-5-6-8-10(9)13/h5-8,15H,3-4H2,1-2H3. The van der Waals surface area contributed by atoms with Crippen molar-refractivity contribution in [2.45, 2.75) is 32.3 Å². The van der Waals surface area contributed by atoms with E-state index in [0.717, 1.165) is 0 Å². The number of Topliss-reactive ketones (excluding diaryl/α,β-unsaturated/α-hetero) is 1. The molecule has 0 aliphatic rings. The smallest absolute Gasteiger partial charge is 0.197 e. The molecule has 0 aliphatic carbocycles. The summed E-state index contributed by atoms with van der Waals surface area (Å²) in [5, 5.41) is 9.96. The molecule has 0 aliphatic heterocycles. The van der Waals surface area contributed by atoms with Crippen LogP contribution in [0.3, 0.4) is 0 Å². The van der Waals surface area contributed by atoms with Gasteiger partial charge in [-0.25, -0.2) is 4.39 Å². The lowest BCUT2D eigenvalue weighted by atomic mass is 9.88. The number of halogens is 1. The lowest BCUT2D eigenvalue weighted by Crippen LogP contribution is -2.37. The Bertz CT molecular complexity index is 356. The van der Waals surface area contributed by atoms with E-state index in [9.17, 15) is 14.3 Å². The highest BCUT2D eigenvalue weighted by Crippen LogP contribution is 2.22. The maximum Gasteiger partial charge on any atom is 0.197 e. The summed E-state index contributed by atoms with van der Waals surface area (Å²) in [5.74, 6) is -1.12. The number of rotatable bonds is 4. The van der Waals surface area contributed by atoms with Crippen molar-refractivity contribution in [1.82, 2.24) is 0 Å². The average molecular weight is 210 g/mol. The molecule has 1 aromatic rings. The Morgan fingerprint density at radius 3 is 2.33 bits per heavy atom. The molecule has 82 valence electrons. The number of carbonyl (C=O) groups excluding carboxylic acids is 1. The Labute approximate surface area is 88.7 Å². The number of hydrogen-bond donors (Lipinski definition) is 1. The molecular formula is C12H15FO2. The van der Waals surface area contributed by atoms with Gasteiger partial charge >= 0.3 is 0 Å². The second-order valence-electron chi connectivity index (χ2n) is 3.55. The molecule has 0 spiro atoms. The first kappa shape index (κ1) is 11.9. The molecule has 0 radical (unpaired) electrons. The third-order valence-corrected chi connectivity index (χ3v) is 2.71. The van der Waals surface area contributed by atoms with Crippen LogP contribution < -0.4 is 0 Å². The van der Waals surface area contributed by atoms with Crippen LogP contribution in [0.1, 0.15) is 37.0 Å². The van der Waals surface area contributed by atoms with Crippen LogP contribution in [0.5, 0.6) is 0 Å². The molecule has 1 aromatic carbocycles. The summed E-state index contributed by atoms with van der Waals surface area (Å²) in [4.78, 5) is 11.9. The summed E-state index contributed by atoms with van der Waals surface area (Å²) >= 11 is 0. The Morgan fingerprint density at radius 2 is 1.87 bits per heavy atom. The molecule has 0 atom stereocenters. The maximum atomic E-state index is 13.3. The summed E-state index contributed by atoms with van der Waals surface area (Å²) in [6.07, 6.45) is 0.577. The highest BCUT2D eigenvalue weighted by Gasteiger charge is 2.33. The van der Waals surface area contributed by atoms with Gasteiger partial charge in [-0.1, -0.05) is 26.0 Å². The number of benzene rings is 1. The predicted molar refractivity (Wildman–Crippen MR) is 56.3 cm³/mol. The van der Waals surface area contributed by atoms with Crippen LogP contribution in [0, 0.1) is 5.82 Å². The predicted octanol–water partition coefficient (Wildman–Crippen LogP) is 2.56. The zero-order chi connectivity index (χ0) is 11.5. The summed E-state index contributed by atoms with van der Waals surface area (Å²) in [6, 6.07) is 5.72. The molecule has 2 nitrogen and oxygen atoms in total. The SMILES string of the molecule is CCC(O)(CC)C(=O)c1ccccc1F. The van der Waals surface area contributed by atoms with Crippen LogP contribution in [0.25, 0.3) is 0 Å². The van der Waals surface area contributed by atoms with Gasteiger partial charge in [0.2, 0.25) is 0 Å². The topological polar surface area (TPSA) is 37.3 Å². The quantitative estimate of drug-likeness (QED) is 0.775. The van der Waals surface area contributed by atoms with Crippen LogP contribution >= 0.6 is 0 Å². The summed E-state index contributed by atoms with van der Waals surface area (Å²) in [5.41, 5.74) is -1.48. The molecule has 0 fully saturated rings. The normalized spacial score (nSPS) is 11.5. The molecule has 1 rings (SSSR count). The number of ketones is 1. The van der Waals surface area contributed by atoms with Crippen molar-refractivity contribution in [3.05, 3.63) is 35.6 Å². The largest absolute Gasteiger partial charge is 0.382 e. The van der Waals surface area contributed by atoms with E-state index in [1.165, 1.54) is 18.2 Å². The molecule has 1 N–H and O–H groups in total. The summed E-state index contributed by atoms with van der Waals surface area (Å²) < 4.78 is 13.3. The van der Waals surface area contributed by atoms with E-state index in [1.54, 1.807) is 19.9 Å². The van der Waals surface area contributed by atoms with Gasteiger partial charge in [0.1, 0.15) is 11.4 Å². The maximum absolute atomic E-state index is 13.3. The molecule has 0 saturated carbocycles. The van der Waals surface area contributed by atoms with Crippen molar-refractivity contribution in [2.24, 2.45) is 0 Å². The van der Waals surface area contributed by atoms with Crippen molar-refractivity contribution in [3.63, 3.8) is 0 Å². The molecular weight excluding hydrogens is 195 g/mol. The minimum atomic E-state index is -1.44. The zero-order valence-corrected chi connectivity index (χ0v) is 8.96. The molecule has 0 unspecified atom stereocenters. The van der Waals surface area contributed by atoms with Crippen molar-refractivity contribution in [3.8, 4) is 0 Å². The lowest BCUT2D eigenvalue weighted by Gasteiger charge is -2.23. The van der Waals surface area contributed by atoms with Gasteiger partial charge in [0.05, 0.1) is 5.56 Å². The van der Waals surface area contributed by atoms with Crippen molar-refractivity contribution >= 4 is 5.78 Å². The van der Waals surface area contributed by atoms with Crippen molar-refractivity contribution in [1.29, 1.82) is 0 Å². The molecule has 0 bridgehead atoms.